The monoisotopic (exact) mass is 189 g/mol. The molecular weight excluding hydrogens is 168 g/mol. The zero-order chi connectivity index (χ0) is 10.5. The first-order valence-electron chi connectivity index (χ1n) is 4.55. The number of hydrogen-bond acceptors (Lipinski definition) is 2. The summed E-state index contributed by atoms with van der Waals surface area (Å²) < 4.78 is 5.76. The van der Waals surface area contributed by atoms with E-state index in [-0.39, 0.29) is 12.1 Å². The van der Waals surface area contributed by atoms with Gasteiger partial charge in [0.2, 0.25) is 0 Å². The van der Waals surface area contributed by atoms with Crippen LogP contribution in [0.4, 0.5) is 4.79 Å². The molecule has 0 unspecified atom stereocenters. The minimum absolute atomic E-state index is 0.136. The molecule has 0 bridgehead atoms. The number of ether oxygens (including phenoxy) is 1. The first-order chi connectivity index (χ1) is 5.81. The second-order valence-corrected chi connectivity index (χ2v) is 4.45. The summed E-state index contributed by atoms with van der Waals surface area (Å²) in [7, 11) is 6.18. The summed E-state index contributed by atoms with van der Waals surface area (Å²) in [6.07, 6.45) is -0.330. The first kappa shape index (κ1) is 12.2. The quantitative estimate of drug-likeness (QED) is 0.665. The van der Waals surface area contributed by atoms with E-state index in [1.54, 1.807) is 0 Å². The van der Waals surface area contributed by atoms with Crippen LogP contribution in [-0.2, 0) is 4.74 Å². The second kappa shape index (κ2) is 5.07. The molecule has 0 saturated heterocycles. The standard InChI is InChI=1S/C9H20N2O2/c1-8(2)10-9(12)13-7-6-11(3,4)5/h8H,6-7H2,1-5H3/p+1. The highest BCUT2D eigenvalue weighted by Crippen LogP contribution is 1.90. The highest BCUT2D eigenvalue weighted by Gasteiger charge is 2.09. The Morgan fingerprint density at radius 3 is 2.31 bits per heavy atom. The molecule has 0 saturated carbocycles. The van der Waals surface area contributed by atoms with Gasteiger partial charge in [-0.05, 0) is 13.8 Å². The Kier molecular flexibility index (Phi) is 4.77. The number of carbonyl (C=O) groups excluding carboxylic acids is 1. The van der Waals surface area contributed by atoms with Gasteiger partial charge in [0.1, 0.15) is 13.2 Å². The number of nitrogens with zero attached hydrogens (tertiary/aromatic N) is 1. The number of nitrogens with one attached hydrogen (secondary N) is 1. The van der Waals surface area contributed by atoms with Crippen molar-refractivity contribution < 1.29 is 14.0 Å². The van der Waals surface area contributed by atoms with Crippen LogP contribution >= 0.6 is 0 Å². The number of rotatable bonds is 4. The van der Waals surface area contributed by atoms with Gasteiger partial charge in [-0.25, -0.2) is 4.79 Å². The minimum atomic E-state index is -0.330. The van der Waals surface area contributed by atoms with Gasteiger partial charge in [0.05, 0.1) is 21.1 Å². The van der Waals surface area contributed by atoms with Crippen LogP contribution in [0.3, 0.4) is 0 Å². The largest absolute Gasteiger partial charge is 0.444 e. The predicted molar refractivity (Wildman–Crippen MR) is 52.5 cm³/mol. The van der Waals surface area contributed by atoms with Gasteiger partial charge >= 0.3 is 6.09 Å². The van der Waals surface area contributed by atoms with E-state index in [0.29, 0.717) is 6.61 Å². The first-order valence-corrected chi connectivity index (χ1v) is 4.55. The van der Waals surface area contributed by atoms with Gasteiger partial charge in [-0.1, -0.05) is 0 Å². The summed E-state index contributed by atoms with van der Waals surface area (Å²) >= 11 is 0. The lowest BCUT2D eigenvalue weighted by Gasteiger charge is -2.23. The number of likely N-dealkylation sites (N-methyl/N-ethyl adjacent to an activating group) is 1. The van der Waals surface area contributed by atoms with E-state index >= 15 is 0 Å². The topological polar surface area (TPSA) is 38.3 Å². The lowest BCUT2D eigenvalue weighted by Crippen LogP contribution is -2.39. The van der Waals surface area contributed by atoms with E-state index in [0.717, 1.165) is 11.0 Å². The predicted octanol–water partition coefficient (Wildman–Crippen LogP) is 0.827. The van der Waals surface area contributed by atoms with Crippen LogP contribution in [0.25, 0.3) is 0 Å². The van der Waals surface area contributed by atoms with Gasteiger partial charge in [0.15, 0.2) is 0 Å². The molecule has 4 heteroatoms. The fourth-order valence-corrected chi connectivity index (χ4v) is 0.690. The Labute approximate surface area is 80.5 Å². The van der Waals surface area contributed by atoms with Crippen molar-refractivity contribution in [3.05, 3.63) is 0 Å². The van der Waals surface area contributed by atoms with Crippen LogP contribution in [0.15, 0.2) is 0 Å². The Balaban J connectivity index is 3.49. The molecule has 0 rings (SSSR count). The van der Waals surface area contributed by atoms with Crippen molar-refractivity contribution >= 4 is 6.09 Å². The fraction of sp³-hybridized carbons (Fsp3) is 0.889. The second-order valence-electron chi connectivity index (χ2n) is 4.45. The summed E-state index contributed by atoms with van der Waals surface area (Å²) in [4.78, 5) is 11.0. The number of carbonyl (C=O) groups is 1. The summed E-state index contributed by atoms with van der Waals surface area (Å²) in [5.41, 5.74) is 0. The molecule has 0 aliphatic heterocycles. The molecule has 0 heterocycles. The van der Waals surface area contributed by atoms with E-state index in [1.807, 2.05) is 13.8 Å². The summed E-state index contributed by atoms with van der Waals surface area (Å²) in [6, 6.07) is 0.136. The van der Waals surface area contributed by atoms with E-state index < -0.39 is 0 Å². The summed E-state index contributed by atoms with van der Waals surface area (Å²) in [5.74, 6) is 0. The van der Waals surface area contributed by atoms with Gasteiger partial charge < -0.3 is 14.5 Å². The van der Waals surface area contributed by atoms with Gasteiger partial charge in [0, 0.05) is 6.04 Å². The molecule has 0 aromatic heterocycles. The molecule has 13 heavy (non-hydrogen) atoms. The fourth-order valence-electron chi connectivity index (χ4n) is 0.690. The third-order valence-electron chi connectivity index (χ3n) is 1.40. The van der Waals surface area contributed by atoms with E-state index in [9.17, 15) is 4.79 Å². The molecule has 0 aromatic rings. The van der Waals surface area contributed by atoms with Crippen molar-refractivity contribution in [2.75, 3.05) is 34.3 Å². The summed E-state index contributed by atoms with van der Waals surface area (Å²) in [5, 5.41) is 2.66. The van der Waals surface area contributed by atoms with E-state index in [1.165, 1.54) is 0 Å². The van der Waals surface area contributed by atoms with Crippen LogP contribution in [0.1, 0.15) is 13.8 Å². The Morgan fingerprint density at radius 2 is 1.92 bits per heavy atom. The molecule has 0 aromatic carbocycles. The molecule has 0 aliphatic carbocycles. The lowest BCUT2D eigenvalue weighted by molar-refractivity contribution is -0.870. The molecule has 0 radical (unpaired) electrons. The minimum Gasteiger partial charge on any atom is -0.444 e. The summed E-state index contributed by atoms with van der Waals surface area (Å²) in [6.45, 7) is 5.09. The maximum Gasteiger partial charge on any atom is 0.407 e. The van der Waals surface area contributed by atoms with Crippen molar-refractivity contribution in [3.63, 3.8) is 0 Å². The Hall–Kier alpha value is -0.770. The number of amides is 1. The van der Waals surface area contributed by atoms with Crippen molar-refractivity contribution in [1.82, 2.24) is 5.32 Å². The lowest BCUT2D eigenvalue weighted by atomic mass is 10.4. The van der Waals surface area contributed by atoms with Gasteiger partial charge in [-0.15, -0.1) is 0 Å². The van der Waals surface area contributed by atoms with Gasteiger partial charge in [-0.3, -0.25) is 0 Å². The van der Waals surface area contributed by atoms with Crippen molar-refractivity contribution in [2.45, 2.75) is 19.9 Å². The maximum atomic E-state index is 11.0. The van der Waals surface area contributed by atoms with Crippen LogP contribution in [0, 0.1) is 0 Å². The highest BCUT2D eigenvalue weighted by molar-refractivity contribution is 5.67. The molecule has 0 atom stereocenters. The molecular formula is C9H21N2O2+. The van der Waals surface area contributed by atoms with Crippen LogP contribution < -0.4 is 5.32 Å². The number of alkyl carbamates (subject to hydrolysis) is 1. The smallest absolute Gasteiger partial charge is 0.407 e. The Bertz CT molecular complexity index is 161. The zero-order valence-electron chi connectivity index (χ0n) is 9.26. The third kappa shape index (κ3) is 9.14. The van der Waals surface area contributed by atoms with Gasteiger partial charge in [-0.2, -0.15) is 0 Å². The van der Waals surface area contributed by atoms with Crippen molar-refractivity contribution in [1.29, 1.82) is 0 Å². The molecule has 0 spiro atoms. The average molecular weight is 189 g/mol. The van der Waals surface area contributed by atoms with Crippen molar-refractivity contribution in [2.24, 2.45) is 0 Å². The van der Waals surface area contributed by atoms with Crippen LogP contribution in [0.5, 0.6) is 0 Å². The average Bonchev–Trinajstić information content (AvgIpc) is 1.81. The van der Waals surface area contributed by atoms with E-state index in [2.05, 4.69) is 26.5 Å². The van der Waals surface area contributed by atoms with Crippen molar-refractivity contribution in [3.8, 4) is 0 Å². The molecule has 1 amide bonds. The van der Waals surface area contributed by atoms with E-state index in [4.69, 9.17) is 4.74 Å². The molecule has 78 valence electrons. The number of quaternary nitrogens is 1. The normalized spacial score (nSPS) is 11.5. The number of hydrogen-bond donors (Lipinski definition) is 1. The molecule has 0 aliphatic rings. The SMILES string of the molecule is CC(C)NC(=O)OCC[N+](C)(C)C. The molecule has 1 N–H and O–H groups in total. The van der Waals surface area contributed by atoms with Crippen LogP contribution in [-0.4, -0.2) is 50.9 Å². The third-order valence-corrected chi connectivity index (χ3v) is 1.40. The zero-order valence-corrected chi connectivity index (χ0v) is 9.26. The highest BCUT2D eigenvalue weighted by atomic mass is 16.5. The molecule has 4 nitrogen and oxygen atoms in total. The van der Waals surface area contributed by atoms with Crippen LogP contribution in [0.2, 0.25) is 0 Å². The molecule has 0 fully saturated rings. The Morgan fingerprint density at radius 1 is 1.38 bits per heavy atom. The van der Waals surface area contributed by atoms with Gasteiger partial charge in [0.25, 0.3) is 0 Å². The maximum absolute atomic E-state index is 11.0.